The van der Waals surface area contributed by atoms with Crippen LogP contribution in [-0.2, 0) is 25.2 Å². The molecular formula is C22H31NO6. The molecule has 0 saturated heterocycles. The van der Waals surface area contributed by atoms with Crippen molar-refractivity contribution in [2.45, 2.75) is 71.3 Å². The zero-order chi connectivity index (χ0) is 22.6. The lowest BCUT2D eigenvalue weighted by Crippen LogP contribution is -2.40. The average Bonchev–Trinajstić information content (AvgIpc) is 2.54. The van der Waals surface area contributed by atoms with Crippen LogP contribution in [0.3, 0.4) is 0 Å². The van der Waals surface area contributed by atoms with Crippen molar-refractivity contribution in [1.82, 2.24) is 5.32 Å². The zero-order valence-electron chi connectivity index (χ0n) is 17.9. The topological polar surface area (TPSA) is 124 Å². The van der Waals surface area contributed by atoms with Crippen molar-refractivity contribution in [3.63, 3.8) is 0 Å². The molecule has 1 aromatic carbocycles. The summed E-state index contributed by atoms with van der Waals surface area (Å²) in [6.45, 7) is 11.9. The number of nitrogens with one attached hydrogen (secondary N) is 1. The Morgan fingerprint density at radius 3 is 1.86 bits per heavy atom. The number of carboxylic acids is 2. The van der Waals surface area contributed by atoms with Gasteiger partial charge in [0.25, 0.3) is 0 Å². The molecule has 0 aromatic heterocycles. The van der Waals surface area contributed by atoms with Crippen molar-refractivity contribution >= 4 is 23.9 Å². The predicted molar refractivity (Wildman–Crippen MR) is 111 cm³/mol. The normalized spacial score (nSPS) is 13.3. The molecule has 0 radical (unpaired) electrons. The Morgan fingerprint density at radius 2 is 1.48 bits per heavy atom. The van der Waals surface area contributed by atoms with Gasteiger partial charge < -0.3 is 20.6 Å². The summed E-state index contributed by atoms with van der Waals surface area (Å²) in [6, 6.07) is 2.32. The van der Waals surface area contributed by atoms with Crippen LogP contribution in [0.25, 0.3) is 6.08 Å². The first kappa shape index (κ1) is 24.2. The van der Waals surface area contributed by atoms with E-state index in [1.165, 1.54) is 6.08 Å². The molecule has 0 saturated carbocycles. The molecule has 7 nitrogen and oxygen atoms in total. The molecule has 0 spiro atoms. The Hall–Kier alpha value is -2.83. The highest BCUT2D eigenvalue weighted by molar-refractivity contribution is 5.94. The predicted octanol–water partition coefficient (Wildman–Crippen LogP) is 3.43. The molecule has 0 heterocycles. The van der Waals surface area contributed by atoms with Crippen molar-refractivity contribution in [3.8, 4) is 5.75 Å². The number of amides is 1. The third kappa shape index (κ3) is 7.25. The van der Waals surface area contributed by atoms with Gasteiger partial charge in [0.1, 0.15) is 11.8 Å². The first-order valence-corrected chi connectivity index (χ1v) is 9.44. The number of rotatable bonds is 7. The lowest BCUT2D eigenvalue weighted by Gasteiger charge is -2.27. The van der Waals surface area contributed by atoms with Crippen molar-refractivity contribution in [2.75, 3.05) is 0 Å². The Kier molecular flexibility index (Phi) is 7.61. The number of hydrogen-bond acceptors (Lipinski definition) is 4. The number of carbonyl (C=O) groups excluding carboxylic acids is 1. The van der Waals surface area contributed by atoms with E-state index in [2.05, 4.69) is 5.32 Å². The van der Waals surface area contributed by atoms with Gasteiger partial charge in [0, 0.05) is 23.6 Å². The maximum Gasteiger partial charge on any atom is 0.326 e. The minimum Gasteiger partial charge on any atom is -0.507 e. The summed E-state index contributed by atoms with van der Waals surface area (Å²) >= 11 is 0. The van der Waals surface area contributed by atoms with E-state index in [0.29, 0.717) is 5.56 Å². The average molecular weight is 405 g/mol. The van der Waals surface area contributed by atoms with Gasteiger partial charge in [-0.15, -0.1) is 0 Å². The van der Waals surface area contributed by atoms with Crippen molar-refractivity contribution < 1.29 is 29.7 Å². The van der Waals surface area contributed by atoms with Gasteiger partial charge in [0.2, 0.25) is 5.91 Å². The highest BCUT2D eigenvalue weighted by Gasteiger charge is 2.26. The van der Waals surface area contributed by atoms with Crippen LogP contribution in [0, 0.1) is 0 Å². The van der Waals surface area contributed by atoms with Gasteiger partial charge in [-0.3, -0.25) is 9.59 Å². The lowest BCUT2D eigenvalue weighted by atomic mass is 9.78. The van der Waals surface area contributed by atoms with E-state index in [-0.39, 0.29) is 29.4 Å². The van der Waals surface area contributed by atoms with Crippen molar-refractivity contribution in [3.05, 3.63) is 34.9 Å². The molecule has 0 aliphatic carbocycles. The van der Waals surface area contributed by atoms with Crippen LogP contribution < -0.4 is 5.32 Å². The molecule has 1 atom stereocenters. The van der Waals surface area contributed by atoms with E-state index >= 15 is 0 Å². The van der Waals surface area contributed by atoms with Crippen LogP contribution in [-0.4, -0.2) is 39.2 Å². The molecule has 1 aromatic rings. The van der Waals surface area contributed by atoms with Crippen molar-refractivity contribution in [2.24, 2.45) is 0 Å². The Morgan fingerprint density at radius 1 is 1.00 bits per heavy atom. The highest BCUT2D eigenvalue weighted by Crippen LogP contribution is 2.39. The van der Waals surface area contributed by atoms with E-state index in [9.17, 15) is 19.5 Å². The van der Waals surface area contributed by atoms with Crippen LogP contribution in [0.2, 0.25) is 0 Å². The summed E-state index contributed by atoms with van der Waals surface area (Å²) in [5.41, 5.74) is 1.55. The Labute approximate surface area is 171 Å². The maximum absolute atomic E-state index is 12.1. The zero-order valence-corrected chi connectivity index (χ0v) is 17.9. The molecule has 7 heteroatoms. The smallest absolute Gasteiger partial charge is 0.326 e. The molecule has 0 unspecified atom stereocenters. The lowest BCUT2D eigenvalue weighted by molar-refractivity contribution is -0.142. The second kappa shape index (κ2) is 9.11. The van der Waals surface area contributed by atoms with Gasteiger partial charge >= 0.3 is 11.9 Å². The molecule has 1 amide bonds. The van der Waals surface area contributed by atoms with Gasteiger partial charge in [-0.25, -0.2) is 4.79 Å². The summed E-state index contributed by atoms with van der Waals surface area (Å²) in [5.74, 6) is -2.83. The Balaban J connectivity index is 3.15. The molecule has 0 bridgehead atoms. The number of phenols is 1. The van der Waals surface area contributed by atoms with Gasteiger partial charge in [0.15, 0.2) is 0 Å². The first-order valence-electron chi connectivity index (χ1n) is 9.44. The number of carboxylic acid groups (broad SMARTS) is 2. The van der Waals surface area contributed by atoms with Gasteiger partial charge in [-0.05, 0) is 41.0 Å². The Bertz CT molecular complexity index is 777. The number of benzene rings is 1. The highest BCUT2D eigenvalue weighted by atomic mass is 16.4. The van der Waals surface area contributed by atoms with Gasteiger partial charge in [-0.2, -0.15) is 0 Å². The molecule has 0 fully saturated rings. The fourth-order valence-electron chi connectivity index (χ4n) is 2.81. The minimum atomic E-state index is -1.29. The number of phenolic OH excluding ortho intramolecular Hbond substituents is 1. The fourth-order valence-corrected chi connectivity index (χ4v) is 2.81. The summed E-state index contributed by atoms with van der Waals surface area (Å²) in [6.07, 6.45) is 2.20. The standard InChI is InChI=1S/C22H31NO6/c1-21(2,3)14-11-13(12-15(19(14)27)22(4,5)6)7-9-17(24)23-16(20(28)29)8-10-18(25)26/h7,9,11-12,16,27H,8,10H2,1-6H3,(H,23,24)(H,25,26)(H,28,29)/b9-7+/t16-/m0/s1. The summed E-state index contributed by atoms with van der Waals surface area (Å²) in [4.78, 5) is 34.0. The number of carbonyl (C=O) groups is 3. The van der Waals surface area contributed by atoms with Crippen LogP contribution in [0.1, 0.15) is 71.1 Å². The molecule has 0 aliphatic rings. The quantitative estimate of drug-likeness (QED) is 0.515. The molecule has 29 heavy (non-hydrogen) atoms. The second-order valence-electron chi connectivity index (χ2n) is 9.13. The summed E-state index contributed by atoms with van der Waals surface area (Å²) in [5, 5.41) is 30.9. The van der Waals surface area contributed by atoms with E-state index in [1.54, 1.807) is 18.2 Å². The number of aromatic hydroxyl groups is 1. The number of hydrogen-bond donors (Lipinski definition) is 4. The molecular weight excluding hydrogens is 374 g/mol. The first-order chi connectivity index (χ1) is 13.1. The van der Waals surface area contributed by atoms with Crippen LogP contribution in [0.5, 0.6) is 5.75 Å². The SMILES string of the molecule is CC(C)(C)c1cc(/C=C/C(=O)N[C@@H](CCC(=O)O)C(=O)O)cc(C(C)(C)C)c1O. The van der Waals surface area contributed by atoms with E-state index in [1.807, 2.05) is 41.5 Å². The van der Waals surface area contributed by atoms with Gasteiger partial charge in [0.05, 0.1) is 0 Å². The monoisotopic (exact) mass is 405 g/mol. The number of aliphatic carboxylic acids is 2. The van der Waals surface area contributed by atoms with E-state index in [0.717, 1.165) is 11.1 Å². The van der Waals surface area contributed by atoms with Crippen molar-refractivity contribution in [1.29, 1.82) is 0 Å². The third-order valence-electron chi connectivity index (χ3n) is 4.44. The molecule has 160 valence electrons. The summed E-state index contributed by atoms with van der Waals surface area (Å²) < 4.78 is 0. The fraction of sp³-hybridized carbons (Fsp3) is 0.500. The van der Waals surface area contributed by atoms with E-state index in [4.69, 9.17) is 10.2 Å². The third-order valence-corrected chi connectivity index (χ3v) is 4.44. The van der Waals surface area contributed by atoms with Crippen LogP contribution in [0.15, 0.2) is 18.2 Å². The van der Waals surface area contributed by atoms with Crippen LogP contribution in [0.4, 0.5) is 0 Å². The molecule has 0 aliphatic heterocycles. The minimum absolute atomic E-state index is 0.203. The summed E-state index contributed by atoms with van der Waals surface area (Å²) in [7, 11) is 0. The van der Waals surface area contributed by atoms with E-state index < -0.39 is 23.9 Å². The van der Waals surface area contributed by atoms with Crippen LogP contribution >= 0.6 is 0 Å². The second-order valence-corrected chi connectivity index (χ2v) is 9.13. The molecule has 1 rings (SSSR count). The maximum atomic E-state index is 12.1. The largest absolute Gasteiger partial charge is 0.507 e. The molecule has 4 N–H and O–H groups in total. The van der Waals surface area contributed by atoms with Gasteiger partial charge in [-0.1, -0.05) is 41.5 Å².